The minimum Gasteiger partial charge on any atom is -0.507 e. The minimum absolute atomic E-state index is 0.0305. The van der Waals surface area contributed by atoms with Crippen molar-refractivity contribution in [2.45, 2.75) is 20.0 Å². The maximum atomic E-state index is 13.0. The molecular formula is C19H15F3N2O2. The highest BCUT2D eigenvalue weighted by molar-refractivity contribution is 5.92. The summed E-state index contributed by atoms with van der Waals surface area (Å²) in [4.78, 5) is 15.9. The molecule has 0 amide bonds. The van der Waals surface area contributed by atoms with Gasteiger partial charge in [0.25, 0.3) is 0 Å². The van der Waals surface area contributed by atoms with Crippen molar-refractivity contribution in [2.75, 3.05) is 0 Å². The number of alkyl halides is 3. The minimum atomic E-state index is -4.53. The van der Waals surface area contributed by atoms with Crippen molar-refractivity contribution in [1.29, 1.82) is 0 Å². The number of aryl methyl sites for hydroxylation is 1. The lowest BCUT2D eigenvalue weighted by Gasteiger charge is -2.14. The van der Waals surface area contributed by atoms with Crippen LogP contribution < -0.4 is 0 Å². The van der Waals surface area contributed by atoms with Gasteiger partial charge in [-0.05, 0) is 49.4 Å². The topological polar surface area (TPSA) is 55.1 Å². The third-order valence-electron chi connectivity index (χ3n) is 4.00. The summed E-state index contributed by atoms with van der Waals surface area (Å²) < 4.78 is 40.7. The number of Topliss-reactive ketones (excluding diaryl/α,β-unsaturated/α-hetero) is 1. The van der Waals surface area contributed by atoms with Crippen molar-refractivity contribution in [2.24, 2.45) is 0 Å². The van der Waals surface area contributed by atoms with Crippen molar-refractivity contribution in [1.82, 2.24) is 9.55 Å². The Balaban J connectivity index is 2.21. The number of halogens is 3. The zero-order valence-electron chi connectivity index (χ0n) is 14.0. The molecule has 0 spiro atoms. The predicted molar refractivity (Wildman–Crippen MR) is 90.4 cm³/mol. The van der Waals surface area contributed by atoms with Gasteiger partial charge in [0.05, 0.1) is 11.3 Å². The van der Waals surface area contributed by atoms with Gasteiger partial charge < -0.3 is 5.11 Å². The van der Waals surface area contributed by atoms with Crippen LogP contribution in [0.25, 0.3) is 17.1 Å². The van der Waals surface area contributed by atoms with Crippen LogP contribution in [0.3, 0.4) is 0 Å². The summed E-state index contributed by atoms with van der Waals surface area (Å²) in [6.45, 7) is 3.14. The Bertz CT molecular complexity index is 991. The number of carbonyl (C=O) groups is 1. The Morgan fingerprint density at radius 3 is 2.50 bits per heavy atom. The van der Waals surface area contributed by atoms with Crippen molar-refractivity contribution in [3.05, 3.63) is 65.5 Å². The van der Waals surface area contributed by atoms with Gasteiger partial charge in [-0.1, -0.05) is 6.07 Å². The van der Waals surface area contributed by atoms with Crippen LogP contribution in [0, 0.1) is 6.92 Å². The molecule has 3 rings (SSSR count). The van der Waals surface area contributed by atoms with Crippen LogP contribution >= 0.6 is 0 Å². The first kappa shape index (κ1) is 17.7. The first-order chi connectivity index (χ1) is 12.2. The molecule has 0 fully saturated rings. The summed E-state index contributed by atoms with van der Waals surface area (Å²) in [6.07, 6.45) is -4.53. The van der Waals surface area contributed by atoms with E-state index in [2.05, 4.69) is 4.98 Å². The lowest BCUT2D eigenvalue weighted by Crippen LogP contribution is -2.07. The van der Waals surface area contributed by atoms with E-state index in [1.807, 2.05) is 0 Å². The van der Waals surface area contributed by atoms with Crippen LogP contribution in [0.4, 0.5) is 13.2 Å². The highest BCUT2D eigenvalue weighted by Gasteiger charge is 2.31. The van der Waals surface area contributed by atoms with Gasteiger partial charge in [-0.25, -0.2) is 4.98 Å². The SMILES string of the molecule is CC(=O)c1cccc(-n2c(C)ccc2-c2cc(C(F)(F)F)ccc2O)n1. The summed E-state index contributed by atoms with van der Waals surface area (Å²) in [5.41, 5.74) is 0.461. The number of nitrogens with zero attached hydrogens (tertiary/aromatic N) is 2. The second kappa shape index (κ2) is 6.33. The number of aromatic nitrogens is 2. The van der Waals surface area contributed by atoms with E-state index in [0.29, 0.717) is 17.2 Å². The van der Waals surface area contributed by atoms with Gasteiger partial charge in [0.15, 0.2) is 5.78 Å². The number of hydrogen-bond acceptors (Lipinski definition) is 3. The van der Waals surface area contributed by atoms with Gasteiger partial charge >= 0.3 is 6.18 Å². The summed E-state index contributed by atoms with van der Waals surface area (Å²) in [7, 11) is 0. The largest absolute Gasteiger partial charge is 0.507 e. The average Bonchev–Trinajstić information content (AvgIpc) is 2.95. The maximum Gasteiger partial charge on any atom is 0.416 e. The summed E-state index contributed by atoms with van der Waals surface area (Å²) in [5.74, 6) is -0.118. The second-order valence-electron chi connectivity index (χ2n) is 5.86. The van der Waals surface area contributed by atoms with Crippen molar-refractivity contribution < 1.29 is 23.1 Å². The number of rotatable bonds is 3. The molecule has 0 atom stereocenters. The smallest absolute Gasteiger partial charge is 0.416 e. The molecule has 0 radical (unpaired) electrons. The molecule has 0 aliphatic rings. The van der Waals surface area contributed by atoms with Crippen molar-refractivity contribution in [3.63, 3.8) is 0 Å². The van der Waals surface area contributed by atoms with Crippen LogP contribution in [0.2, 0.25) is 0 Å². The molecule has 26 heavy (non-hydrogen) atoms. The Kier molecular flexibility index (Phi) is 4.31. The highest BCUT2D eigenvalue weighted by atomic mass is 19.4. The maximum absolute atomic E-state index is 13.0. The number of hydrogen-bond donors (Lipinski definition) is 1. The third kappa shape index (κ3) is 3.20. The Morgan fingerprint density at radius 1 is 1.12 bits per heavy atom. The molecule has 1 aromatic carbocycles. The molecule has 0 unspecified atom stereocenters. The first-order valence-corrected chi connectivity index (χ1v) is 7.76. The normalized spacial score (nSPS) is 11.6. The molecule has 4 nitrogen and oxygen atoms in total. The van der Waals surface area contributed by atoms with E-state index in [4.69, 9.17) is 0 Å². The van der Waals surface area contributed by atoms with Crippen LogP contribution in [-0.2, 0) is 6.18 Å². The van der Waals surface area contributed by atoms with E-state index in [9.17, 15) is 23.1 Å². The van der Waals surface area contributed by atoms with Gasteiger partial charge in [0, 0.05) is 18.2 Å². The Labute approximate surface area is 147 Å². The highest BCUT2D eigenvalue weighted by Crippen LogP contribution is 2.38. The number of benzene rings is 1. The zero-order chi connectivity index (χ0) is 19.1. The summed E-state index contributed by atoms with van der Waals surface area (Å²) >= 11 is 0. The molecule has 134 valence electrons. The molecule has 7 heteroatoms. The van der Waals surface area contributed by atoms with E-state index in [-0.39, 0.29) is 22.8 Å². The summed E-state index contributed by atoms with van der Waals surface area (Å²) in [6, 6.07) is 10.9. The van der Waals surface area contributed by atoms with Gasteiger partial charge in [-0.2, -0.15) is 13.2 Å². The van der Waals surface area contributed by atoms with E-state index in [1.165, 1.54) is 6.92 Å². The molecule has 3 aromatic rings. The number of phenolic OH excluding ortho intramolecular Hbond substituents is 1. The fraction of sp³-hybridized carbons (Fsp3) is 0.158. The molecule has 1 N–H and O–H groups in total. The molecule has 0 saturated heterocycles. The van der Waals surface area contributed by atoms with Crippen molar-refractivity contribution >= 4 is 5.78 Å². The lowest BCUT2D eigenvalue weighted by molar-refractivity contribution is -0.137. The van der Waals surface area contributed by atoms with E-state index >= 15 is 0 Å². The van der Waals surface area contributed by atoms with E-state index in [0.717, 1.165) is 18.2 Å². The number of ketones is 1. The zero-order valence-corrected chi connectivity index (χ0v) is 14.0. The van der Waals surface area contributed by atoms with Gasteiger partial charge in [0.1, 0.15) is 17.3 Å². The standard InChI is InChI=1S/C19H15F3N2O2/c1-11-6-8-16(14-10-13(19(20,21)22)7-9-17(14)26)24(11)18-5-3-4-15(23-18)12(2)25/h3-10,26H,1-2H3. The average molecular weight is 360 g/mol. The van der Waals surface area contributed by atoms with Crippen molar-refractivity contribution in [3.8, 4) is 22.8 Å². The lowest BCUT2D eigenvalue weighted by atomic mass is 10.1. The number of phenols is 1. The van der Waals surface area contributed by atoms with E-state index < -0.39 is 11.7 Å². The van der Waals surface area contributed by atoms with Gasteiger partial charge in [-0.3, -0.25) is 9.36 Å². The van der Waals surface area contributed by atoms with Gasteiger partial charge in [0.2, 0.25) is 0 Å². The molecule has 2 heterocycles. The van der Waals surface area contributed by atoms with Crippen LogP contribution in [-0.4, -0.2) is 20.4 Å². The first-order valence-electron chi connectivity index (χ1n) is 7.76. The molecule has 0 bridgehead atoms. The van der Waals surface area contributed by atoms with E-state index in [1.54, 1.807) is 41.8 Å². The summed E-state index contributed by atoms with van der Waals surface area (Å²) in [5, 5.41) is 10.1. The van der Waals surface area contributed by atoms with Gasteiger partial charge in [-0.15, -0.1) is 0 Å². The monoisotopic (exact) mass is 360 g/mol. The molecular weight excluding hydrogens is 345 g/mol. The molecule has 0 aliphatic carbocycles. The van der Waals surface area contributed by atoms with Crippen LogP contribution in [0.1, 0.15) is 28.7 Å². The molecule has 0 saturated carbocycles. The Hall–Kier alpha value is -3.09. The molecule has 2 aromatic heterocycles. The predicted octanol–water partition coefficient (Wildman–Crippen LogP) is 4.77. The number of pyridine rings is 1. The number of carbonyl (C=O) groups excluding carboxylic acids is 1. The Morgan fingerprint density at radius 2 is 1.85 bits per heavy atom. The quantitative estimate of drug-likeness (QED) is 0.684. The van der Waals surface area contributed by atoms with Crippen LogP contribution in [0.15, 0.2) is 48.5 Å². The fourth-order valence-electron chi connectivity index (χ4n) is 2.71. The fourth-order valence-corrected chi connectivity index (χ4v) is 2.71. The molecule has 0 aliphatic heterocycles. The number of aromatic hydroxyl groups is 1. The second-order valence-corrected chi connectivity index (χ2v) is 5.86. The van der Waals surface area contributed by atoms with Crippen LogP contribution in [0.5, 0.6) is 5.75 Å². The third-order valence-corrected chi connectivity index (χ3v) is 4.00.